The van der Waals surface area contributed by atoms with Gasteiger partial charge < -0.3 is 15.5 Å². The predicted octanol–water partition coefficient (Wildman–Crippen LogP) is 3.67. The fourth-order valence-corrected chi connectivity index (χ4v) is 2.35. The van der Waals surface area contributed by atoms with Crippen molar-refractivity contribution in [1.29, 1.82) is 0 Å². The van der Waals surface area contributed by atoms with Crippen LogP contribution in [0.25, 0.3) is 0 Å². The summed E-state index contributed by atoms with van der Waals surface area (Å²) in [6.07, 6.45) is 5.34. The number of anilines is 1. The van der Waals surface area contributed by atoms with E-state index in [-0.39, 0.29) is 0 Å². The van der Waals surface area contributed by atoms with Crippen LogP contribution in [-0.4, -0.2) is 18.0 Å². The molecule has 0 aromatic heterocycles. The fraction of sp³-hybridized carbons (Fsp3) is 0.333. The summed E-state index contributed by atoms with van der Waals surface area (Å²) < 4.78 is 1.08. The van der Waals surface area contributed by atoms with Gasteiger partial charge in [0.2, 0.25) is 0 Å². The van der Waals surface area contributed by atoms with Crippen molar-refractivity contribution >= 4 is 21.6 Å². The Hall–Kier alpha value is -1.42. The van der Waals surface area contributed by atoms with Crippen molar-refractivity contribution in [2.75, 3.05) is 18.0 Å². The Kier molecular flexibility index (Phi) is 6.50. The third-order valence-corrected chi connectivity index (χ3v) is 3.49. The molecule has 0 saturated carbocycles. The maximum atomic E-state index is 5.52. The molecule has 0 unspecified atom stereocenters. The Balaban J connectivity index is 3.12. The molecular formula is C15H22BrN3. The zero-order chi connectivity index (χ0) is 14.3. The maximum Gasteiger partial charge on any atom is 0.0457 e. The third kappa shape index (κ3) is 4.31. The topological polar surface area (TPSA) is 32.5 Å². The van der Waals surface area contributed by atoms with E-state index in [0.29, 0.717) is 0 Å². The first-order chi connectivity index (χ1) is 9.15. The van der Waals surface area contributed by atoms with Crippen LogP contribution in [0.3, 0.4) is 0 Å². The maximum absolute atomic E-state index is 5.52. The van der Waals surface area contributed by atoms with Crippen LogP contribution < -0.4 is 10.6 Å². The second kappa shape index (κ2) is 7.89. The summed E-state index contributed by atoms with van der Waals surface area (Å²) in [7, 11) is 0. The molecule has 0 radical (unpaired) electrons. The van der Waals surface area contributed by atoms with Crippen LogP contribution in [0.2, 0.25) is 0 Å². The van der Waals surface area contributed by atoms with Crippen LogP contribution in [-0.2, 0) is 6.54 Å². The number of nitrogens with two attached hydrogens (primary N) is 1. The lowest BCUT2D eigenvalue weighted by Gasteiger charge is -2.25. The molecule has 0 heterocycles. The lowest BCUT2D eigenvalue weighted by atomic mass is 10.1. The van der Waals surface area contributed by atoms with Crippen molar-refractivity contribution in [3.05, 3.63) is 53.4 Å². The minimum atomic E-state index is 0.837. The minimum Gasteiger partial charge on any atom is -0.403 e. The molecule has 1 aromatic carbocycles. The van der Waals surface area contributed by atoms with Gasteiger partial charge >= 0.3 is 0 Å². The van der Waals surface area contributed by atoms with Gasteiger partial charge in [-0.25, -0.2) is 0 Å². The minimum absolute atomic E-state index is 0.837. The smallest absolute Gasteiger partial charge is 0.0457 e. The Labute approximate surface area is 124 Å². The molecule has 4 heteroatoms. The van der Waals surface area contributed by atoms with Gasteiger partial charge in [-0.2, -0.15) is 0 Å². The van der Waals surface area contributed by atoms with Crippen LogP contribution in [0.4, 0.5) is 5.69 Å². The molecule has 0 fully saturated rings. The third-order valence-electron chi connectivity index (χ3n) is 3.00. The highest BCUT2D eigenvalue weighted by atomic mass is 79.9. The number of rotatable bonds is 7. The van der Waals surface area contributed by atoms with E-state index in [1.165, 1.54) is 11.3 Å². The van der Waals surface area contributed by atoms with Crippen LogP contribution in [0.1, 0.15) is 19.4 Å². The van der Waals surface area contributed by atoms with Gasteiger partial charge in [-0.1, -0.05) is 22.5 Å². The predicted molar refractivity (Wildman–Crippen MR) is 86.8 cm³/mol. The lowest BCUT2D eigenvalue weighted by Crippen LogP contribution is -2.21. The molecule has 19 heavy (non-hydrogen) atoms. The largest absolute Gasteiger partial charge is 0.403 e. The standard InChI is InChI=1S/C15H22BrN3/c1-4-18(5-2)12-13-11-14(16)7-8-15(13)19(6-3)10-9-17/h4,7-11H,1,5-6,12,17H2,2-3H3/b10-9-. The molecule has 1 rings (SSSR count). The van der Waals surface area contributed by atoms with Crippen molar-refractivity contribution in [3.8, 4) is 0 Å². The Morgan fingerprint density at radius 3 is 2.58 bits per heavy atom. The second-order valence-corrected chi connectivity index (χ2v) is 5.06. The first-order valence-corrected chi connectivity index (χ1v) is 7.25. The summed E-state index contributed by atoms with van der Waals surface area (Å²) >= 11 is 3.53. The molecule has 2 N–H and O–H groups in total. The first-order valence-electron chi connectivity index (χ1n) is 6.46. The average molecular weight is 324 g/mol. The highest BCUT2D eigenvalue weighted by Gasteiger charge is 2.10. The van der Waals surface area contributed by atoms with Gasteiger partial charge in [0, 0.05) is 42.2 Å². The van der Waals surface area contributed by atoms with E-state index in [0.717, 1.165) is 24.1 Å². The second-order valence-electron chi connectivity index (χ2n) is 4.15. The molecule has 0 aliphatic rings. The van der Waals surface area contributed by atoms with E-state index >= 15 is 0 Å². The number of nitrogens with zero attached hydrogens (tertiary/aromatic N) is 2. The van der Waals surface area contributed by atoms with Crippen molar-refractivity contribution in [1.82, 2.24) is 4.90 Å². The van der Waals surface area contributed by atoms with Gasteiger partial charge in [0.1, 0.15) is 0 Å². The summed E-state index contributed by atoms with van der Waals surface area (Å²) in [6, 6.07) is 6.31. The molecule has 0 atom stereocenters. The molecule has 0 saturated heterocycles. The zero-order valence-electron chi connectivity index (χ0n) is 11.6. The molecular weight excluding hydrogens is 302 g/mol. The van der Waals surface area contributed by atoms with Crippen LogP contribution in [0.15, 0.2) is 47.9 Å². The van der Waals surface area contributed by atoms with E-state index in [1.807, 2.05) is 12.4 Å². The summed E-state index contributed by atoms with van der Waals surface area (Å²) in [5.41, 5.74) is 7.94. The number of halogens is 1. The van der Waals surface area contributed by atoms with Crippen molar-refractivity contribution in [2.24, 2.45) is 5.73 Å². The molecule has 0 aliphatic heterocycles. The Morgan fingerprint density at radius 2 is 2.05 bits per heavy atom. The summed E-state index contributed by atoms with van der Waals surface area (Å²) in [5, 5.41) is 0. The molecule has 0 spiro atoms. The molecule has 3 nitrogen and oxygen atoms in total. The molecule has 0 bridgehead atoms. The number of benzene rings is 1. The van der Waals surface area contributed by atoms with Crippen LogP contribution in [0.5, 0.6) is 0 Å². The van der Waals surface area contributed by atoms with E-state index in [1.54, 1.807) is 6.20 Å². The number of hydrogen-bond donors (Lipinski definition) is 1. The van der Waals surface area contributed by atoms with Gasteiger partial charge in [-0.05, 0) is 43.8 Å². The summed E-state index contributed by atoms with van der Waals surface area (Å²) in [4.78, 5) is 4.31. The van der Waals surface area contributed by atoms with Gasteiger partial charge in [0.05, 0.1) is 0 Å². The normalized spacial score (nSPS) is 10.7. The van der Waals surface area contributed by atoms with Crippen molar-refractivity contribution in [2.45, 2.75) is 20.4 Å². The zero-order valence-corrected chi connectivity index (χ0v) is 13.2. The summed E-state index contributed by atoms with van der Waals surface area (Å²) in [5.74, 6) is 0. The highest BCUT2D eigenvalue weighted by molar-refractivity contribution is 9.10. The van der Waals surface area contributed by atoms with Crippen LogP contribution in [0, 0.1) is 0 Å². The molecule has 104 valence electrons. The summed E-state index contributed by atoms with van der Waals surface area (Å²) in [6.45, 7) is 10.7. The average Bonchev–Trinajstić information content (AvgIpc) is 2.42. The van der Waals surface area contributed by atoms with E-state index < -0.39 is 0 Å². The monoisotopic (exact) mass is 323 g/mol. The SMILES string of the molecule is C=CN(CC)Cc1cc(Br)ccc1N(/C=C\N)CC. The Morgan fingerprint density at radius 1 is 1.32 bits per heavy atom. The van der Waals surface area contributed by atoms with Gasteiger partial charge in [0.25, 0.3) is 0 Å². The lowest BCUT2D eigenvalue weighted by molar-refractivity contribution is 0.391. The fourth-order valence-electron chi connectivity index (χ4n) is 1.95. The van der Waals surface area contributed by atoms with Gasteiger partial charge in [-0.15, -0.1) is 0 Å². The molecule has 0 aliphatic carbocycles. The Bertz CT molecular complexity index is 443. The molecule has 1 aromatic rings. The van der Waals surface area contributed by atoms with E-state index in [2.05, 4.69) is 64.4 Å². The van der Waals surface area contributed by atoms with Gasteiger partial charge in [0.15, 0.2) is 0 Å². The number of hydrogen-bond acceptors (Lipinski definition) is 3. The van der Waals surface area contributed by atoms with Crippen LogP contribution >= 0.6 is 15.9 Å². The highest BCUT2D eigenvalue weighted by Crippen LogP contribution is 2.26. The van der Waals surface area contributed by atoms with Crippen molar-refractivity contribution < 1.29 is 0 Å². The van der Waals surface area contributed by atoms with E-state index in [4.69, 9.17) is 5.73 Å². The first kappa shape index (κ1) is 15.6. The quantitative estimate of drug-likeness (QED) is 0.831. The molecule has 0 amide bonds. The van der Waals surface area contributed by atoms with Crippen molar-refractivity contribution in [3.63, 3.8) is 0 Å². The van der Waals surface area contributed by atoms with E-state index in [9.17, 15) is 0 Å². The van der Waals surface area contributed by atoms with Gasteiger partial charge in [-0.3, -0.25) is 0 Å².